The molecule has 0 fully saturated rings. The second kappa shape index (κ2) is 8.49. The number of ether oxygens (including phenoxy) is 1. The molecule has 0 amide bonds. The van der Waals surface area contributed by atoms with E-state index in [1.54, 1.807) is 24.3 Å². The van der Waals surface area contributed by atoms with E-state index < -0.39 is 23.3 Å². The van der Waals surface area contributed by atoms with Gasteiger partial charge in [-0.3, -0.25) is 0 Å². The van der Waals surface area contributed by atoms with Crippen LogP contribution in [0.4, 0.5) is 8.78 Å². The number of phenols is 1. The van der Waals surface area contributed by atoms with E-state index in [-0.39, 0.29) is 18.1 Å². The van der Waals surface area contributed by atoms with Gasteiger partial charge in [0.25, 0.3) is 0 Å². The highest BCUT2D eigenvalue weighted by Gasteiger charge is 2.44. The zero-order chi connectivity index (χ0) is 17.6. The summed E-state index contributed by atoms with van der Waals surface area (Å²) in [6.45, 7) is -0.238. The monoisotopic (exact) mass is 378 g/mol. The first-order valence-electron chi connectivity index (χ1n) is 6.49. The van der Waals surface area contributed by atoms with Crippen molar-refractivity contribution in [2.75, 3.05) is 12.4 Å². The third-order valence-electron chi connectivity index (χ3n) is 2.82. The Labute approximate surface area is 143 Å². The molecule has 10 heteroatoms. The minimum atomic E-state index is -3.99. The van der Waals surface area contributed by atoms with Crippen LogP contribution in [0.3, 0.4) is 0 Å². The van der Waals surface area contributed by atoms with E-state index in [1.807, 2.05) is 12.1 Å². The molecule has 0 bridgehead atoms. The maximum Gasteiger partial charge on any atom is 0.415 e. The molecular formula is C14H12F2O6S2. The zero-order valence-corrected chi connectivity index (χ0v) is 13.6. The standard InChI is InChI=1S/C14H12F2O6S2/c15-14(16,24-22-21-19)13(18)20-6-7-23-10-4-5-11-9(8-10)2-1-3-12(11)17/h1-5,8,17,19H,6-7H2. The van der Waals surface area contributed by atoms with Gasteiger partial charge in [-0.05, 0) is 29.7 Å². The van der Waals surface area contributed by atoms with Crippen molar-refractivity contribution in [1.82, 2.24) is 0 Å². The van der Waals surface area contributed by atoms with Gasteiger partial charge in [-0.1, -0.05) is 17.2 Å². The fourth-order valence-electron chi connectivity index (χ4n) is 1.80. The molecule has 0 saturated carbocycles. The zero-order valence-electron chi connectivity index (χ0n) is 12.0. The molecule has 0 spiro atoms. The molecule has 6 nitrogen and oxygen atoms in total. The van der Waals surface area contributed by atoms with Gasteiger partial charge in [0, 0.05) is 16.0 Å². The number of phenolic OH excluding ortho intramolecular Hbond substituents is 1. The van der Waals surface area contributed by atoms with E-state index in [4.69, 9.17) is 5.26 Å². The molecule has 0 heterocycles. The molecule has 0 aliphatic rings. The van der Waals surface area contributed by atoms with Gasteiger partial charge in [-0.2, -0.15) is 8.78 Å². The molecule has 0 saturated heterocycles. The van der Waals surface area contributed by atoms with Crippen molar-refractivity contribution in [1.29, 1.82) is 0 Å². The average molecular weight is 378 g/mol. The Morgan fingerprint density at radius 1 is 1.25 bits per heavy atom. The Morgan fingerprint density at radius 2 is 2.04 bits per heavy atom. The number of halogens is 2. The van der Waals surface area contributed by atoms with Crippen LogP contribution in [0.2, 0.25) is 0 Å². The lowest BCUT2D eigenvalue weighted by atomic mass is 10.1. The largest absolute Gasteiger partial charge is 0.507 e. The summed E-state index contributed by atoms with van der Waals surface area (Å²) < 4.78 is 34.2. The maximum atomic E-state index is 13.1. The van der Waals surface area contributed by atoms with E-state index in [1.165, 1.54) is 11.8 Å². The molecule has 2 aromatic rings. The molecule has 130 valence electrons. The quantitative estimate of drug-likeness (QED) is 0.179. The van der Waals surface area contributed by atoms with Gasteiger partial charge in [-0.25, -0.2) is 10.1 Å². The Bertz CT molecular complexity index is 713. The van der Waals surface area contributed by atoms with Crippen LogP contribution in [-0.2, 0) is 18.9 Å². The third kappa shape index (κ3) is 4.95. The summed E-state index contributed by atoms with van der Waals surface area (Å²) in [6.07, 6.45) is 0. The van der Waals surface area contributed by atoms with Crippen molar-refractivity contribution in [3.63, 3.8) is 0 Å². The number of aromatic hydroxyl groups is 1. The van der Waals surface area contributed by atoms with Crippen LogP contribution in [0.5, 0.6) is 5.75 Å². The van der Waals surface area contributed by atoms with Crippen LogP contribution in [-0.4, -0.2) is 33.9 Å². The van der Waals surface area contributed by atoms with E-state index in [2.05, 4.69) is 14.1 Å². The fourth-order valence-corrected chi connectivity index (χ4v) is 2.82. The fraction of sp³-hybridized carbons (Fsp3) is 0.214. The van der Waals surface area contributed by atoms with Crippen LogP contribution >= 0.6 is 23.8 Å². The predicted octanol–water partition coefficient (Wildman–Crippen LogP) is 3.84. The van der Waals surface area contributed by atoms with Gasteiger partial charge in [0.15, 0.2) is 0 Å². The van der Waals surface area contributed by atoms with Crippen LogP contribution in [0.15, 0.2) is 41.3 Å². The molecule has 0 aromatic heterocycles. The van der Waals surface area contributed by atoms with Gasteiger partial charge in [0.1, 0.15) is 24.4 Å². The lowest BCUT2D eigenvalue weighted by Crippen LogP contribution is -2.28. The van der Waals surface area contributed by atoms with E-state index >= 15 is 0 Å². The first-order chi connectivity index (χ1) is 11.4. The summed E-state index contributed by atoms with van der Waals surface area (Å²) in [5, 5.41) is 18.1. The van der Waals surface area contributed by atoms with E-state index in [9.17, 15) is 18.7 Å². The number of hydrogen-bond acceptors (Lipinski definition) is 8. The molecule has 2 rings (SSSR count). The molecular weight excluding hydrogens is 366 g/mol. The third-order valence-corrected chi connectivity index (χ3v) is 4.28. The minimum Gasteiger partial charge on any atom is -0.507 e. The van der Waals surface area contributed by atoms with Crippen molar-refractivity contribution < 1.29 is 38.0 Å². The summed E-state index contributed by atoms with van der Waals surface area (Å²) in [4.78, 5) is 12.0. The van der Waals surface area contributed by atoms with Crippen LogP contribution in [0.1, 0.15) is 0 Å². The summed E-state index contributed by atoms with van der Waals surface area (Å²) in [5.41, 5.74) is 0. The normalized spacial score (nSPS) is 11.6. The van der Waals surface area contributed by atoms with E-state index in [0.717, 1.165) is 10.3 Å². The predicted molar refractivity (Wildman–Crippen MR) is 84.6 cm³/mol. The summed E-state index contributed by atoms with van der Waals surface area (Å²) in [7, 11) is 0. The van der Waals surface area contributed by atoms with Crippen molar-refractivity contribution in [3.8, 4) is 5.75 Å². The van der Waals surface area contributed by atoms with Gasteiger partial charge < -0.3 is 9.84 Å². The molecule has 2 N–H and O–H groups in total. The lowest BCUT2D eigenvalue weighted by Gasteiger charge is -2.12. The van der Waals surface area contributed by atoms with Gasteiger partial charge >= 0.3 is 11.2 Å². The second-order valence-corrected chi connectivity index (χ2v) is 6.37. The topological polar surface area (TPSA) is 85.2 Å². The van der Waals surface area contributed by atoms with Gasteiger partial charge in [0.05, 0.1) is 0 Å². The number of thioether (sulfide) groups is 1. The van der Waals surface area contributed by atoms with Crippen molar-refractivity contribution in [2.45, 2.75) is 10.2 Å². The number of hydrogen-bond donors (Lipinski definition) is 2. The number of carbonyl (C=O) groups is 1. The molecule has 0 aliphatic heterocycles. The first kappa shape index (κ1) is 18.7. The van der Waals surface area contributed by atoms with Gasteiger partial charge in [0.2, 0.25) is 0 Å². The Balaban J connectivity index is 1.83. The minimum absolute atomic E-state index is 0.173. The molecule has 0 unspecified atom stereocenters. The highest BCUT2D eigenvalue weighted by atomic mass is 32.2. The number of fused-ring (bicyclic) bond motifs is 1. The van der Waals surface area contributed by atoms with Crippen LogP contribution in [0, 0.1) is 0 Å². The molecule has 24 heavy (non-hydrogen) atoms. The molecule has 0 radical (unpaired) electrons. The summed E-state index contributed by atoms with van der Waals surface area (Å²) in [6, 6.07) is 10.5. The number of rotatable bonds is 8. The highest BCUT2D eigenvalue weighted by molar-refractivity contribution is 7.99. The molecule has 2 aromatic carbocycles. The summed E-state index contributed by atoms with van der Waals surface area (Å²) in [5.74, 6) is -1.37. The first-order valence-corrected chi connectivity index (χ1v) is 8.22. The number of alkyl halides is 2. The smallest absolute Gasteiger partial charge is 0.415 e. The Hall–Kier alpha value is -1.59. The average Bonchev–Trinajstić information content (AvgIpc) is 2.57. The number of esters is 1. The van der Waals surface area contributed by atoms with Gasteiger partial charge in [-0.15, -0.1) is 16.1 Å². The van der Waals surface area contributed by atoms with Crippen molar-refractivity contribution in [3.05, 3.63) is 36.4 Å². The molecule has 0 aliphatic carbocycles. The van der Waals surface area contributed by atoms with E-state index in [0.29, 0.717) is 5.39 Å². The van der Waals surface area contributed by atoms with Crippen LogP contribution < -0.4 is 0 Å². The Kier molecular flexibility index (Phi) is 6.63. The molecule has 0 atom stereocenters. The SMILES string of the molecule is O=C(OCCSc1ccc2c(O)cccc2c1)C(F)(F)SOOO. The van der Waals surface area contributed by atoms with Crippen molar-refractivity contribution >= 4 is 40.5 Å². The number of benzene rings is 2. The van der Waals surface area contributed by atoms with Crippen molar-refractivity contribution in [2.24, 2.45) is 0 Å². The van der Waals surface area contributed by atoms with Crippen LogP contribution in [0.25, 0.3) is 10.8 Å². The maximum absolute atomic E-state index is 13.1. The highest BCUT2D eigenvalue weighted by Crippen LogP contribution is 2.32. The Morgan fingerprint density at radius 3 is 2.79 bits per heavy atom. The number of carbonyl (C=O) groups excluding carboxylic acids is 1. The lowest BCUT2D eigenvalue weighted by molar-refractivity contribution is -0.433. The summed E-state index contributed by atoms with van der Waals surface area (Å²) >= 11 is 0.639. The second-order valence-electron chi connectivity index (χ2n) is 4.39.